The lowest BCUT2D eigenvalue weighted by Crippen LogP contribution is -2.30. The molecule has 3 rings (SSSR count). The van der Waals surface area contributed by atoms with Crippen molar-refractivity contribution in [2.24, 2.45) is 0 Å². The summed E-state index contributed by atoms with van der Waals surface area (Å²) in [5.41, 5.74) is 4.76. The molecule has 0 radical (unpaired) electrons. The molecule has 5 heteroatoms. The smallest absolute Gasteiger partial charge is 0.276 e. The van der Waals surface area contributed by atoms with Crippen molar-refractivity contribution in [3.63, 3.8) is 0 Å². The van der Waals surface area contributed by atoms with Gasteiger partial charge in [0.1, 0.15) is 0 Å². The van der Waals surface area contributed by atoms with Crippen LogP contribution in [0.25, 0.3) is 5.69 Å². The predicted molar refractivity (Wildman–Crippen MR) is 97.7 cm³/mol. The quantitative estimate of drug-likeness (QED) is 0.717. The van der Waals surface area contributed by atoms with Crippen LogP contribution in [0.4, 0.5) is 0 Å². The normalized spacial score (nSPS) is 10.7. The lowest BCUT2D eigenvalue weighted by atomic mass is 10.1. The van der Waals surface area contributed by atoms with Gasteiger partial charge in [-0.3, -0.25) is 4.79 Å². The topological polar surface area (TPSA) is 51.0 Å². The lowest BCUT2D eigenvalue weighted by molar-refractivity contribution is 0.0746. The maximum absolute atomic E-state index is 12.8. The number of carbonyl (C=O) groups excluding carboxylic acids is 1. The van der Waals surface area contributed by atoms with Gasteiger partial charge in [0.2, 0.25) is 0 Å². The average Bonchev–Trinajstić information content (AvgIpc) is 3.12. The van der Waals surface area contributed by atoms with Crippen molar-refractivity contribution in [1.82, 2.24) is 19.9 Å². The van der Waals surface area contributed by atoms with Crippen molar-refractivity contribution in [1.29, 1.82) is 0 Å². The molecule has 1 heterocycles. The molecule has 0 fully saturated rings. The van der Waals surface area contributed by atoms with E-state index in [9.17, 15) is 4.79 Å². The standard InChI is InChI=1S/C20H22N4O/c1-4-23(13-17-8-6-5-7-9-17)20(25)19-14-24(22-21-19)18-11-10-15(2)16(3)12-18/h5-12,14H,4,13H2,1-3H3. The third-order valence-electron chi connectivity index (χ3n) is 4.35. The molecule has 5 nitrogen and oxygen atoms in total. The van der Waals surface area contributed by atoms with Crippen molar-refractivity contribution in [2.75, 3.05) is 6.54 Å². The molecule has 0 atom stereocenters. The fraction of sp³-hybridized carbons (Fsp3) is 0.250. The van der Waals surface area contributed by atoms with Crippen LogP contribution in [-0.2, 0) is 6.54 Å². The monoisotopic (exact) mass is 334 g/mol. The summed E-state index contributed by atoms with van der Waals surface area (Å²) in [5.74, 6) is -0.110. The molecule has 1 amide bonds. The summed E-state index contributed by atoms with van der Waals surface area (Å²) in [5, 5.41) is 8.20. The fourth-order valence-electron chi connectivity index (χ4n) is 2.65. The summed E-state index contributed by atoms with van der Waals surface area (Å²) in [4.78, 5) is 14.5. The number of hydrogen-bond donors (Lipinski definition) is 0. The van der Waals surface area contributed by atoms with Crippen molar-refractivity contribution in [3.8, 4) is 5.69 Å². The lowest BCUT2D eigenvalue weighted by Gasteiger charge is -2.19. The number of nitrogens with zero attached hydrogens (tertiary/aromatic N) is 4. The van der Waals surface area contributed by atoms with Gasteiger partial charge in [0.05, 0.1) is 11.9 Å². The van der Waals surface area contributed by atoms with Crippen LogP contribution in [0, 0.1) is 13.8 Å². The van der Waals surface area contributed by atoms with Crippen LogP contribution in [-0.4, -0.2) is 32.3 Å². The van der Waals surface area contributed by atoms with Crippen LogP contribution in [0.3, 0.4) is 0 Å². The van der Waals surface area contributed by atoms with E-state index < -0.39 is 0 Å². The Hall–Kier alpha value is -2.95. The molecule has 2 aromatic carbocycles. The Kier molecular flexibility index (Phi) is 4.93. The van der Waals surface area contributed by atoms with Crippen LogP contribution in [0.2, 0.25) is 0 Å². The summed E-state index contributed by atoms with van der Waals surface area (Å²) in [6.45, 7) is 7.27. The Labute approximate surface area is 147 Å². The molecule has 0 aliphatic carbocycles. The molecule has 128 valence electrons. The number of amides is 1. The van der Waals surface area contributed by atoms with Crippen LogP contribution in [0.1, 0.15) is 34.1 Å². The molecule has 0 N–H and O–H groups in total. The third-order valence-corrected chi connectivity index (χ3v) is 4.35. The summed E-state index contributed by atoms with van der Waals surface area (Å²) < 4.78 is 1.65. The molecule has 3 aromatic rings. The first-order chi connectivity index (χ1) is 12.1. The molecular weight excluding hydrogens is 312 g/mol. The Morgan fingerprint density at radius 1 is 1.08 bits per heavy atom. The summed E-state index contributed by atoms with van der Waals surface area (Å²) >= 11 is 0. The van der Waals surface area contributed by atoms with Crippen molar-refractivity contribution >= 4 is 5.91 Å². The van der Waals surface area contributed by atoms with Gasteiger partial charge in [-0.2, -0.15) is 0 Å². The van der Waals surface area contributed by atoms with Crippen molar-refractivity contribution in [3.05, 3.63) is 77.1 Å². The number of aromatic nitrogens is 3. The van der Waals surface area contributed by atoms with Crippen LogP contribution in [0.5, 0.6) is 0 Å². The van der Waals surface area contributed by atoms with Gasteiger partial charge in [-0.05, 0) is 49.6 Å². The van der Waals surface area contributed by atoms with Gasteiger partial charge < -0.3 is 4.90 Å². The van der Waals surface area contributed by atoms with E-state index in [-0.39, 0.29) is 5.91 Å². The van der Waals surface area contributed by atoms with E-state index in [1.807, 2.05) is 55.5 Å². The molecule has 0 saturated heterocycles. The van der Waals surface area contributed by atoms with E-state index in [0.29, 0.717) is 18.8 Å². The van der Waals surface area contributed by atoms with E-state index in [2.05, 4.69) is 24.2 Å². The zero-order valence-corrected chi connectivity index (χ0v) is 14.8. The number of rotatable bonds is 5. The first-order valence-electron chi connectivity index (χ1n) is 8.41. The van der Waals surface area contributed by atoms with Gasteiger partial charge in [-0.25, -0.2) is 4.68 Å². The molecular formula is C20H22N4O. The van der Waals surface area contributed by atoms with E-state index in [0.717, 1.165) is 11.3 Å². The van der Waals surface area contributed by atoms with E-state index in [1.54, 1.807) is 15.8 Å². The molecule has 0 spiro atoms. The highest BCUT2D eigenvalue weighted by molar-refractivity contribution is 5.92. The minimum Gasteiger partial charge on any atom is -0.333 e. The number of carbonyl (C=O) groups is 1. The van der Waals surface area contributed by atoms with Gasteiger partial charge in [0.15, 0.2) is 5.69 Å². The Morgan fingerprint density at radius 2 is 1.84 bits per heavy atom. The number of benzene rings is 2. The van der Waals surface area contributed by atoms with Gasteiger partial charge in [-0.15, -0.1) is 5.10 Å². The van der Waals surface area contributed by atoms with Crippen molar-refractivity contribution in [2.45, 2.75) is 27.3 Å². The molecule has 1 aromatic heterocycles. The third kappa shape index (κ3) is 3.76. The van der Waals surface area contributed by atoms with Crippen LogP contribution >= 0.6 is 0 Å². The molecule has 0 bridgehead atoms. The predicted octanol–water partition coefficient (Wildman–Crippen LogP) is 3.55. The minimum absolute atomic E-state index is 0.110. The molecule has 0 unspecified atom stereocenters. The summed E-state index contributed by atoms with van der Waals surface area (Å²) in [6.07, 6.45) is 1.69. The highest BCUT2D eigenvalue weighted by atomic mass is 16.2. The molecule has 0 aliphatic rings. The second-order valence-corrected chi connectivity index (χ2v) is 6.12. The molecule has 25 heavy (non-hydrogen) atoms. The van der Waals surface area contributed by atoms with Crippen LogP contribution < -0.4 is 0 Å². The van der Waals surface area contributed by atoms with Crippen LogP contribution in [0.15, 0.2) is 54.7 Å². The molecule has 0 aliphatic heterocycles. The first-order valence-corrected chi connectivity index (χ1v) is 8.41. The summed E-state index contributed by atoms with van der Waals surface area (Å²) in [6, 6.07) is 16.0. The maximum atomic E-state index is 12.8. The number of hydrogen-bond acceptors (Lipinski definition) is 3. The Bertz CT molecular complexity index is 870. The van der Waals surface area contributed by atoms with Gasteiger partial charge in [-0.1, -0.05) is 41.6 Å². The largest absolute Gasteiger partial charge is 0.333 e. The van der Waals surface area contributed by atoms with Gasteiger partial charge in [0.25, 0.3) is 5.91 Å². The SMILES string of the molecule is CCN(Cc1ccccc1)C(=O)c1cn(-c2ccc(C)c(C)c2)nn1. The fourth-order valence-corrected chi connectivity index (χ4v) is 2.65. The van der Waals surface area contributed by atoms with Gasteiger partial charge >= 0.3 is 0 Å². The maximum Gasteiger partial charge on any atom is 0.276 e. The van der Waals surface area contributed by atoms with E-state index in [4.69, 9.17) is 0 Å². The Balaban J connectivity index is 1.80. The second kappa shape index (κ2) is 7.30. The highest BCUT2D eigenvalue weighted by Gasteiger charge is 2.18. The zero-order valence-electron chi connectivity index (χ0n) is 14.8. The second-order valence-electron chi connectivity index (χ2n) is 6.12. The number of aryl methyl sites for hydroxylation is 2. The minimum atomic E-state index is -0.110. The highest BCUT2D eigenvalue weighted by Crippen LogP contribution is 2.14. The Morgan fingerprint density at radius 3 is 2.52 bits per heavy atom. The average molecular weight is 334 g/mol. The van der Waals surface area contributed by atoms with Crippen molar-refractivity contribution < 1.29 is 4.79 Å². The van der Waals surface area contributed by atoms with Gasteiger partial charge in [0, 0.05) is 13.1 Å². The zero-order chi connectivity index (χ0) is 17.8. The van der Waals surface area contributed by atoms with E-state index in [1.165, 1.54) is 11.1 Å². The summed E-state index contributed by atoms with van der Waals surface area (Å²) in [7, 11) is 0. The molecule has 0 saturated carbocycles. The van der Waals surface area contributed by atoms with E-state index >= 15 is 0 Å². The first kappa shape index (κ1) is 16.9.